The Labute approximate surface area is 96.2 Å². The van der Waals surface area contributed by atoms with E-state index in [1.54, 1.807) is 0 Å². The van der Waals surface area contributed by atoms with Gasteiger partial charge in [-0.3, -0.25) is 0 Å². The zero-order valence-corrected chi connectivity index (χ0v) is 10.3. The van der Waals surface area contributed by atoms with E-state index in [1.165, 1.54) is 31.2 Å². The zero-order valence-electron chi connectivity index (χ0n) is 9.41. The van der Waals surface area contributed by atoms with Crippen LogP contribution in [-0.4, -0.2) is 14.7 Å². The lowest BCUT2D eigenvalue weighted by Crippen LogP contribution is -1.83. The number of benzene rings is 1. The van der Waals surface area contributed by atoms with Gasteiger partial charge >= 0.3 is 7.82 Å². The third-order valence-corrected chi connectivity index (χ3v) is 1.91. The van der Waals surface area contributed by atoms with E-state index >= 15 is 0 Å². The lowest BCUT2D eigenvalue weighted by atomic mass is 10.1. The molecule has 4 nitrogen and oxygen atoms in total. The topological polar surface area (TPSA) is 77.8 Å². The van der Waals surface area contributed by atoms with Crippen LogP contribution in [0.15, 0.2) is 30.3 Å². The second-order valence-corrected chi connectivity index (χ2v) is 4.48. The van der Waals surface area contributed by atoms with Crippen LogP contribution in [0.1, 0.15) is 31.7 Å². The Morgan fingerprint density at radius 3 is 2.00 bits per heavy atom. The summed E-state index contributed by atoms with van der Waals surface area (Å²) in [5, 5.41) is 0. The van der Waals surface area contributed by atoms with Crippen LogP contribution in [0.5, 0.6) is 0 Å². The molecular weight excluding hydrogens is 227 g/mol. The Kier molecular flexibility index (Phi) is 8.12. The van der Waals surface area contributed by atoms with Crippen LogP contribution in [-0.2, 0) is 11.0 Å². The van der Waals surface area contributed by atoms with Gasteiger partial charge < -0.3 is 14.7 Å². The summed E-state index contributed by atoms with van der Waals surface area (Å²) >= 11 is 0. The molecule has 0 aliphatic rings. The van der Waals surface area contributed by atoms with E-state index in [2.05, 4.69) is 37.3 Å². The Morgan fingerprint density at radius 1 is 1.06 bits per heavy atom. The van der Waals surface area contributed by atoms with Crippen molar-refractivity contribution in [2.75, 3.05) is 0 Å². The molecule has 0 unspecified atom stereocenters. The molecule has 5 heteroatoms. The van der Waals surface area contributed by atoms with Gasteiger partial charge in [-0.2, -0.15) is 0 Å². The number of unbranched alkanes of at least 4 members (excludes halogenated alkanes) is 2. The van der Waals surface area contributed by atoms with Gasteiger partial charge in [-0.25, -0.2) is 4.57 Å². The molecule has 1 aromatic rings. The quantitative estimate of drug-likeness (QED) is 0.563. The number of hydrogen-bond acceptors (Lipinski definition) is 1. The molecule has 0 amide bonds. The summed E-state index contributed by atoms with van der Waals surface area (Å²) in [6, 6.07) is 10.7. The summed E-state index contributed by atoms with van der Waals surface area (Å²) in [5.74, 6) is 0. The van der Waals surface area contributed by atoms with E-state index in [0.717, 1.165) is 0 Å². The van der Waals surface area contributed by atoms with Gasteiger partial charge in [-0.05, 0) is 18.4 Å². The highest BCUT2D eigenvalue weighted by Crippen LogP contribution is 2.25. The molecule has 92 valence electrons. The Bertz CT molecular complexity index is 299. The van der Waals surface area contributed by atoms with Crippen molar-refractivity contribution in [3.8, 4) is 0 Å². The molecule has 0 saturated heterocycles. The monoisotopic (exact) mass is 246 g/mol. The van der Waals surface area contributed by atoms with E-state index in [0.29, 0.717) is 0 Å². The van der Waals surface area contributed by atoms with Gasteiger partial charge in [0.15, 0.2) is 0 Å². The van der Waals surface area contributed by atoms with Gasteiger partial charge in [-0.15, -0.1) is 0 Å². The lowest BCUT2D eigenvalue weighted by Gasteiger charge is -1.98. The van der Waals surface area contributed by atoms with Crippen molar-refractivity contribution in [1.82, 2.24) is 0 Å². The second kappa shape index (κ2) is 8.48. The highest BCUT2D eigenvalue weighted by Gasteiger charge is 2.00. The van der Waals surface area contributed by atoms with E-state index in [1.807, 2.05) is 0 Å². The summed E-state index contributed by atoms with van der Waals surface area (Å²) in [6.07, 6.45) is 5.25. The second-order valence-electron chi connectivity index (χ2n) is 3.46. The van der Waals surface area contributed by atoms with Gasteiger partial charge in [0, 0.05) is 0 Å². The first-order chi connectivity index (χ1) is 7.43. The first-order valence-electron chi connectivity index (χ1n) is 5.25. The third kappa shape index (κ3) is 13.3. The average Bonchev–Trinajstić information content (AvgIpc) is 2.17. The van der Waals surface area contributed by atoms with Crippen molar-refractivity contribution in [2.24, 2.45) is 0 Å². The predicted molar refractivity (Wildman–Crippen MR) is 63.9 cm³/mol. The van der Waals surface area contributed by atoms with Crippen LogP contribution in [0.4, 0.5) is 0 Å². The van der Waals surface area contributed by atoms with E-state index in [9.17, 15) is 0 Å². The van der Waals surface area contributed by atoms with Gasteiger partial charge in [-0.1, -0.05) is 50.1 Å². The summed E-state index contributed by atoms with van der Waals surface area (Å²) in [4.78, 5) is 21.6. The number of aryl methyl sites for hydroxylation is 1. The van der Waals surface area contributed by atoms with Crippen molar-refractivity contribution in [3.05, 3.63) is 35.9 Å². The minimum Gasteiger partial charge on any atom is -0.303 e. The van der Waals surface area contributed by atoms with E-state index in [4.69, 9.17) is 19.2 Å². The highest BCUT2D eigenvalue weighted by molar-refractivity contribution is 7.45. The maximum Gasteiger partial charge on any atom is 0.466 e. The fourth-order valence-corrected chi connectivity index (χ4v) is 1.22. The largest absolute Gasteiger partial charge is 0.466 e. The molecule has 16 heavy (non-hydrogen) atoms. The molecular formula is C11H19O4P. The Morgan fingerprint density at radius 2 is 1.56 bits per heavy atom. The molecule has 1 rings (SSSR count). The molecule has 0 spiro atoms. The molecule has 0 aliphatic carbocycles. The third-order valence-electron chi connectivity index (χ3n) is 1.91. The van der Waals surface area contributed by atoms with Crippen molar-refractivity contribution in [3.63, 3.8) is 0 Å². The summed E-state index contributed by atoms with van der Waals surface area (Å²) < 4.78 is 8.88. The molecule has 1 aromatic carbocycles. The molecule has 0 atom stereocenters. The molecule has 0 saturated carbocycles. The minimum absolute atomic E-state index is 1.24. The maximum absolute atomic E-state index is 8.88. The van der Waals surface area contributed by atoms with Crippen LogP contribution >= 0.6 is 7.82 Å². The zero-order chi connectivity index (χ0) is 12.4. The summed E-state index contributed by atoms with van der Waals surface area (Å²) in [6.45, 7) is 2.24. The lowest BCUT2D eigenvalue weighted by molar-refractivity contribution is 0.275. The van der Waals surface area contributed by atoms with Crippen LogP contribution in [0.2, 0.25) is 0 Å². The average molecular weight is 246 g/mol. The van der Waals surface area contributed by atoms with Crippen LogP contribution < -0.4 is 0 Å². The fourth-order valence-electron chi connectivity index (χ4n) is 1.22. The Hall–Kier alpha value is -0.670. The van der Waals surface area contributed by atoms with Crippen molar-refractivity contribution in [2.45, 2.75) is 32.6 Å². The molecule has 0 aromatic heterocycles. The highest BCUT2D eigenvalue weighted by atomic mass is 31.2. The molecule has 0 fully saturated rings. The van der Waals surface area contributed by atoms with Gasteiger partial charge in [0.25, 0.3) is 0 Å². The number of rotatable bonds is 4. The van der Waals surface area contributed by atoms with Gasteiger partial charge in [0.05, 0.1) is 0 Å². The van der Waals surface area contributed by atoms with E-state index in [-0.39, 0.29) is 0 Å². The standard InChI is InChI=1S/C11H16.H3O4P/c1-2-3-5-8-11-9-6-4-7-10-11;1-5(2,3)4/h4,6-7,9-10H,2-3,5,8H2,1H3;(H3,1,2,3,4). The van der Waals surface area contributed by atoms with Crippen molar-refractivity contribution >= 4 is 7.82 Å². The smallest absolute Gasteiger partial charge is 0.303 e. The van der Waals surface area contributed by atoms with Gasteiger partial charge in [0.2, 0.25) is 0 Å². The van der Waals surface area contributed by atoms with Crippen LogP contribution in [0, 0.1) is 0 Å². The maximum atomic E-state index is 8.88. The summed E-state index contributed by atoms with van der Waals surface area (Å²) in [5.41, 5.74) is 1.47. The van der Waals surface area contributed by atoms with Gasteiger partial charge in [0.1, 0.15) is 0 Å². The SMILES string of the molecule is CCCCCc1ccccc1.O=P(O)(O)O. The number of phosphoric acid groups is 1. The number of hydrogen-bond donors (Lipinski definition) is 3. The van der Waals surface area contributed by atoms with E-state index < -0.39 is 7.82 Å². The normalized spacial score (nSPS) is 10.5. The predicted octanol–water partition coefficient (Wildman–Crippen LogP) is 2.49. The molecule has 3 N–H and O–H groups in total. The fraction of sp³-hybridized carbons (Fsp3) is 0.455. The summed E-state index contributed by atoms with van der Waals surface area (Å²) in [7, 11) is -4.64. The molecule has 0 bridgehead atoms. The molecule has 0 aliphatic heterocycles. The molecule has 0 heterocycles. The Balaban J connectivity index is 0.000000385. The minimum atomic E-state index is -4.64. The van der Waals surface area contributed by atoms with Crippen LogP contribution in [0.25, 0.3) is 0 Å². The van der Waals surface area contributed by atoms with Crippen molar-refractivity contribution in [1.29, 1.82) is 0 Å². The van der Waals surface area contributed by atoms with Crippen LogP contribution in [0.3, 0.4) is 0 Å². The first-order valence-corrected chi connectivity index (χ1v) is 6.82. The first kappa shape index (κ1) is 15.3. The van der Waals surface area contributed by atoms with Crippen molar-refractivity contribution < 1.29 is 19.2 Å². The molecule has 0 radical (unpaired) electrons.